The molecule has 1 rings (SSSR count). The minimum atomic E-state index is -3.98. The zero-order valence-electron chi connectivity index (χ0n) is 10.8. The maximum Gasteiger partial charge on any atom is 0.305 e. The highest BCUT2D eigenvalue weighted by atomic mass is 35.5. The number of aliphatic carboxylic acids is 1. The lowest BCUT2D eigenvalue weighted by Crippen LogP contribution is -2.30. The van der Waals surface area contributed by atoms with Crippen LogP contribution in [0.1, 0.15) is 6.42 Å². The number of hydrogen-bond acceptors (Lipinski definition) is 4. The number of carboxylic acid groups (broad SMARTS) is 1. The van der Waals surface area contributed by atoms with Crippen molar-refractivity contribution in [3.8, 4) is 0 Å². The van der Waals surface area contributed by atoms with Crippen LogP contribution in [0.2, 0.25) is 15.1 Å². The first kappa shape index (κ1) is 18.5. The summed E-state index contributed by atoms with van der Waals surface area (Å²) in [6.07, 6.45) is -0.226. The third-order valence-corrected chi connectivity index (χ3v) is 5.28. The Morgan fingerprint density at radius 1 is 1.29 bits per heavy atom. The molecular weight excluding hydrogens is 365 g/mol. The van der Waals surface area contributed by atoms with Gasteiger partial charge < -0.3 is 9.84 Å². The SMILES string of the molecule is CN(COCCC(=O)O)S(=O)(=O)c1c(Cl)cc(Cl)cc1Cl. The lowest BCUT2D eigenvalue weighted by molar-refractivity contribution is -0.138. The first-order valence-electron chi connectivity index (χ1n) is 5.56. The summed E-state index contributed by atoms with van der Waals surface area (Å²) < 4.78 is 30.5. The van der Waals surface area contributed by atoms with Crippen molar-refractivity contribution in [2.24, 2.45) is 0 Å². The van der Waals surface area contributed by atoms with Crippen LogP contribution in [0.25, 0.3) is 0 Å². The number of nitrogens with zero attached hydrogens (tertiary/aromatic N) is 1. The standard InChI is InChI=1S/C11H12Cl3NO5S/c1-15(6-20-3-2-10(16)17)21(18,19)11-8(13)4-7(12)5-9(11)14/h4-5H,2-3,6H2,1H3,(H,16,17). The molecular formula is C11H12Cl3NO5S. The van der Waals surface area contributed by atoms with E-state index in [1.807, 2.05) is 0 Å². The highest BCUT2D eigenvalue weighted by Gasteiger charge is 2.27. The van der Waals surface area contributed by atoms with E-state index < -0.39 is 16.0 Å². The van der Waals surface area contributed by atoms with Crippen molar-refractivity contribution in [3.05, 3.63) is 27.2 Å². The predicted molar refractivity (Wildman–Crippen MR) is 79.5 cm³/mol. The molecule has 0 atom stereocenters. The molecule has 0 aromatic heterocycles. The van der Waals surface area contributed by atoms with Crippen LogP contribution >= 0.6 is 34.8 Å². The van der Waals surface area contributed by atoms with Crippen molar-refractivity contribution < 1.29 is 23.1 Å². The van der Waals surface area contributed by atoms with Crippen LogP contribution in [0.5, 0.6) is 0 Å². The van der Waals surface area contributed by atoms with Crippen LogP contribution in [0.4, 0.5) is 0 Å². The van der Waals surface area contributed by atoms with Gasteiger partial charge in [0.25, 0.3) is 0 Å². The van der Waals surface area contributed by atoms with Crippen molar-refractivity contribution in [2.45, 2.75) is 11.3 Å². The largest absolute Gasteiger partial charge is 0.481 e. The minimum absolute atomic E-state index is 0.107. The summed E-state index contributed by atoms with van der Waals surface area (Å²) in [5, 5.41) is 8.46. The zero-order chi connectivity index (χ0) is 16.2. The van der Waals surface area contributed by atoms with Crippen molar-refractivity contribution in [3.63, 3.8) is 0 Å². The van der Waals surface area contributed by atoms with E-state index in [-0.39, 0.29) is 39.7 Å². The molecule has 0 aliphatic heterocycles. The molecule has 0 saturated heterocycles. The fraction of sp³-hybridized carbons (Fsp3) is 0.364. The Balaban J connectivity index is 2.88. The van der Waals surface area contributed by atoms with Crippen LogP contribution < -0.4 is 0 Å². The predicted octanol–water partition coefficient (Wildman–Crippen LogP) is 2.72. The summed E-state index contributed by atoms with van der Waals surface area (Å²) in [6.45, 7) is -0.442. The lowest BCUT2D eigenvalue weighted by atomic mass is 10.4. The second-order valence-electron chi connectivity index (χ2n) is 3.98. The third kappa shape index (κ3) is 4.98. The Kier molecular flexibility index (Phi) is 6.71. The quantitative estimate of drug-likeness (QED) is 0.584. The average molecular weight is 377 g/mol. The fourth-order valence-corrected chi connectivity index (χ4v) is 3.89. The topological polar surface area (TPSA) is 83.9 Å². The number of carbonyl (C=O) groups is 1. The van der Waals surface area contributed by atoms with Gasteiger partial charge in [-0.25, -0.2) is 8.42 Å². The molecule has 0 aliphatic rings. The Bertz CT molecular complexity index is 612. The molecule has 1 aromatic carbocycles. The highest BCUT2D eigenvalue weighted by molar-refractivity contribution is 7.89. The van der Waals surface area contributed by atoms with Gasteiger partial charge in [0.1, 0.15) is 11.6 Å². The summed E-state index contributed by atoms with van der Waals surface area (Å²) in [7, 11) is -2.72. The molecule has 118 valence electrons. The molecule has 10 heteroatoms. The smallest absolute Gasteiger partial charge is 0.305 e. The van der Waals surface area contributed by atoms with Crippen molar-refractivity contribution in [2.75, 3.05) is 20.4 Å². The first-order valence-corrected chi connectivity index (χ1v) is 8.14. The first-order chi connectivity index (χ1) is 9.66. The van der Waals surface area contributed by atoms with Crippen molar-refractivity contribution in [1.29, 1.82) is 0 Å². The van der Waals surface area contributed by atoms with Gasteiger partial charge in [0.2, 0.25) is 10.0 Å². The maximum atomic E-state index is 12.3. The third-order valence-electron chi connectivity index (χ3n) is 2.36. The van der Waals surface area contributed by atoms with Crippen LogP contribution in [0, 0.1) is 0 Å². The number of rotatable bonds is 7. The van der Waals surface area contributed by atoms with Crippen molar-refractivity contribution in [1.82, 2.24) is 4.31 Å². The number of benzene rings is 1. The van der Waals surface area contributed by atoms with Gasteiger partial charge in [-0.3, -0.25) is 4.79 Å². The molecule has 0 aliphatic carbocycles. The molecule has 21 heavy (non-hydrogen) atoms. The Morgan fingerprint density at radius 3 is 2.29 bits per heavy atom. The second-order valence-corrected chi connectivity index (χ2v) is 7.22. The van der Waals surface area contributed by atoms with Gasteiger partial charge in [-0.15, -0.1) is 0 Å². The van der Waals surface area contributed by atoms with Gasteiger partial charge in [0.15, 0.2) is 0 Å². The van der Waals surface area contributed by atoms with Crippen molar-refractivity contribution >= 4 is 50.8 Å². The number of ether oxygens (including phenoxy) is 1. The van der Waals surface area contributed by atoms with E-state index in [1.165, 1.54) is 19.2 Å². The normalized spacial score (nSPS) is 11.9. The van der Waals surface area contributed by atoms with Gasteiger partial charge in [-0.1, -0.05) is 34.8 Å². The van der Waals surface area contributed by atoms with Crippen LogP contribution in [0.15, 0.2) is 17.0 Å². The summed E-state index contributed by atoms with van der Waals surface area (Å²) in [5.41, 5.74) is 0. The molecule has 1 aromatic rings. The van der Waals surface area contributed by atoms with E-state index in [1.54, 1.807) is 0 Å². The summed E-state index contributed by atoms with van der Waals surface area (Å²) in [6, 6.07) is 2.53. The molecule has 0 unspecified atom stereocenters. The molecule has 0 spiro atoms. The van der Waals surface area contributed by atoms with Crippen LogP contribution in [0.3, 0.4) is 0 Å². The second kappa shape index (κ2) is 7.62. The van der Waals surface area contributed by atoms with E-state index in [0.717, 1.165) is 4.31 Å². The van der Waals surface area contributed by atoms with E-state index in [4.69, 9.17) is 44.6 Å². The lowest BCUT2D eigenvalue weighted by Gasteiger charge is -2.18. The van der Waals surface area contributed by atoms with Gasteiger partial charge in [0.05, 0.1) is 23.1 Å². The number of halogens is 3. The molecule has 0 saturated carbocycles. The number of hydrogen-bond donors (Lipinski definition) is 1. The maximum absolute atomic E-state index is 12.3. The molecule has 6 nitrogen and oxygen atoms in total. The Morgan fingerprint density at radius 2 is 1.81 bits per heavy atom. The molecule has 0 fully saturated rings. The summed E-state index contributed by atoms with van der Waals surface area (Å²) in [5.74, 6) is -1.04. The van der Waals surface area contributed by atoms with Gasteiger partial charge >= 0.3 is 5.97 Å². The van der Waals surface area contributed by atoms with Gasteiger partial charge in [0, 0.05) is 12.1 Å². The molecule has 0 heterocycles. The fourth-order valence-electron chi connectivity index (χ4n) is 1.35. The average Bonchev–Trinajstić information content (AvgIpc) is 2.32. The number of sulfonamides is 1. The monoisotopic (exact) mass is 375 g/mol. The van der Waals surface area contributed by atoms with Crippen LogP contribution in [-0.2, 0) is 19.6 Å². The Labute approximate surface area is 137 Å². The molecule has 0 radical (unpaired) electrons. The summed E-state index contributed by atoms with van der Waals surface area (Å²) >= 11 is 17.5. The van der Waals surface area contributed by atoms with E-state index in [2.05, 4.69) is 0 Å². The Hall–Kier alpha value is -0.570. The summed E-state index contributed by atoms with van der Waals surface area (Å²) in [4.78, 5) is 10.0. The van der Waals surface area contributed by atoms with E-state index in [0.29, 0.717) is 0 Å². The van der Waals surface area contributed by atoms with E-state index >= 15 is 0 Å². The van der Waals surface area contributed by atoms with E-state index in [9.17, 15) is 13.2 Å². The zero-order valence-corrected chi connectivity index (χ0v) is 13.9. The molecule has 0 amide bonds. The molecule has 0 bridgehead atoms. The number of carboxylic acids is 1. The molecule has 1 N–H and O–H groups in total. The highest BCUT2D eigenvalue weighted by Crippen LogP contribution is 2.34. The van der Waals surface area contributed by atoms with Crippen LogP contribution in [-0.4, -0.2) is 44.2 Å². The van der Waals surface area contributed by atoms with Gasteiger partial charge in [-0.05, 0) is 12.1 Å². The minimum Gasteiger partial charge on any atom is -0.481 e. The van der Waals surface area contributed by atoms with Gasteiger partial charge in [-0.2, -0.15) is 4.31 Å².